The number of fused-ring (bicyclic) bond motifs is 1. The van der Waals surface area contributed by atoms with Crippen LogP contribution in [-0.2, 0) is 4.74 Å². The molecule has 9 heteroatoms. The SMILES string of the molecule is COc1cc2ncnc(Nc3cccc(C)c3F)c2cc1N1CC2(CN(C(C)C)C2)OC1=O. The maximum atomic E-state index is 14.6. The van der Waals surface area contributed by atoms with Crippen LogP contribution < -0.4 is 15.0 Å². The number of methoxy groups -OCH3 is 1. The van der Waals surface area contributed by atoms with Crippen LogP contribution in [-0.4, -0.2) is 59.3 Å². The number of likely N-dealkylation sites (tertiary alicyclic amines) is 1. The van der Waals surface area contributed by atoms with Crippen molar-refractivity contribution >= 4 is 34.2 Å². The number of aromatic nitrogens is 2. The van der Waals surface area contributed by atoms with Gasteiger partial charge in [-0.05, 0) is 38.5 Å². The minimum atomic E-state index is -0.514. The highest BCUT2D eigenvalue weighted by atomic mass is 19.1. The van der Waals surface area contributed by atoms with Gasteiger partial charge in [-0.15, -0.1) is 0 Å². The zero-order valence-electron chi connectivity index (χ0n) is 19.1. The lowest BCUT2D eigenvalue weighted by Crippen LogP contribution is -2.65. The Balaban J connectivity index is 1.52. The van der Waals surface area contributed by atoms with Gasteiger partial charge in [-0.1, -0.05) is 12.1 Å². The average molecular weight is 452 g/mol. The predicted octanol–water partition coefficient (Wildman–Crippen LogP) is 4.25. The van der Waals surface area contributed by atoms with Crippen LogP contribution in [0.3, 0.4) is 0 Å². The summed E-state index contributed by atoms with van der Waals surface area (Å²) < 4.78 is 26.0. The summed E-state index contributed by atoms with van der Waals surface area (Å²) >= 11 is 0. The summed E-state index contributed by atoms with van der Waals surface area (Å²) in [5, 5.41) is 3.71. The van der Waals surface area contributed by atoms with E-state index in [1.807, 2.05) is 0 Å². The summed E-state index contributed by atoms with van der Waals surface area (Å²) in [4.78, 5) is 25.4. The highest BCUT2D eigenvalue weighted by Gasteiger charge is 2.54. The van der Waals surface area contributed by atoms with Crippen LogP contribution in [0.2, 0.25) is 0 Å². The van der Waals surface area contributed by atoms with Crippen molar-refractivity contribution in [3.05, 3.63) is 48.0 Å². The van der Waals surface area contributed by atoms with Gasteiger partial charge in [0.05, 0.1) is 30.5 Å². The Hall–Kier alpha value is -3.46. The van der Waals surface area contributed by atoms with Crippen LogP contribution in [0.15, 0.2) is 36.7 Å². The third-order valence-electron chi connectivity index (χ3n) is 6.35. The van der Waals surface area contributed by atoms with E-state index in [1.165, 1.54) is 6.33 Å². The molecule has 0 radical (unpaired) electrons. The van der Waals surface area contributed by atoms with E-state index in [0.29, 0.717) is 65.1 Å². The number of carbonyl (C=O) groups is 1. The molecule has 33 heavy (non-hydrogen) atoms. The molecule has 3 aromatic rings. The van der Waals surface area contributed by atoms with Crippen LogP contribution in [0.25, 0.3) is 10.9 Å². The zero-order chi connectivity index (χ0) is 23.3. The Kier molecular flexibility index (Phi) is 5.08. The molecule has 1 amide bonds. The van der Waals surface area contributed by atoms with Gasteiger partial charge < -0.3 is 14.8 Å². The number of halogens is 1. The summed E-state index contributed by atoms with van der Waals surface area (Å²) in [7, 11) is 1.55. The van der Waals surface area contributed by atoms with Crippen LogP contribution in [0.5, 0.6) is 5.75 Å². The second-order valence-corrected chi connectivity index (χ2v) is 8.96. The predicted molar refractivity (Wildman–Crippen MR) is 124 cm³/mol. The summed E-state index contributed by atoms with van der Waals surface area (Å²) in [5.74, 6) is 0.594. The standard InChI is InChI=1S/C24H26FN5O3/c1-14(2)29-10-24(11-29)12-30(23(31)33-24)19-8-16-18(9-20(19)32-4)26-13-27-22(16)28-17-7-5-6-15(3)21(17)25/h5-9,13-14H,10-12H2,1-4H3,(H,26,27,28). The number of hydrogen-bond acceptors (Lipinski definition) is 7. The number of rotatable bonds is 5. The smallest absolute Gasteiger partial charge is 0.415 e. The largest absolute Gasteiger partial charge is 0.494 e. The van der Waals surface area contributed by atoms with Gasteiger partial charge >= 0.3 is 6.09 Å². The van der Waals surface area contributed by atoms with E-state index in [-0.39, 0.29) is 5.82 Å². The minimum Gasteiger partial charge on any atom is -0.494 e. The molecule has 2 aromatic carbocycles. The number of nitrogens with one attached hydrogen (secondary N) is 1. The second kappa shape index (κ2) is 7.84. The van der Waals surface area contributed by atoms with Gasteiger partial charge in [-0.3, -0.25) is 9.80 Å². The Morgan fingerprint density at radius 2 is 2.00 bits per heavy atom. The minimum absolute atomic E-state index is 0.315. The average Bonchev–Trinajstić information content (AvgIpc) is 3.12. The first-order valence-corrected chi connectivity index (χ1v) is 10.9. The maximum Gasteiger partial charge on any atom is 0.415 e. The van der Waals surface area contributed by atoms with Gasteiger partial charge in [0.15, 0.2) is 5.60 Å². The van der Waals surface area contributed by atoms with Gasteiger partial charge in [0.2, 0.25) is 0 Å². The molecular weight excluding hydrogens is 425 g/mol. The Bertz CT molecular complexity index is 1240. The second-order valence-electron chi connectivity index (χ2n) is 8.96. The molecule has 2 aliphatic rings. The molecule has 0 bridgehead atoms. The van der Waals surface area contributed by atoms with E-state index in [1.54, 1.807) is 49.3 Å². The summed E-state index contributed by atoms with van der Waals surface area (Å²) in [6, 6.07) is 9.08. The molecule has 2 aliphatic heterocycles. The van der Waals surface area contributed by atoms with Gasteiger partial charge in [0.25, 0.3) is 0 Å². The zero-order valence-corrected chi connectivity index (χ0v) is 19.1. The van der Waals surface area contributed by atoms with E-state index in [4.69, 9.17) is 9.47 Å². The fourth-order valence-electron chi connectivity index (χ4n) is 4.45. The molecule has 0 atom stereocenters. The van der Waals surface area contributed by atoms with Crippen molar-refractivity contribution in [1.82, 2.24) is 14.9 Å². The van der Waals surface area contributed by atoms with Crippen molar-refractivity contribution < 1.29 is 18.7 Å². The van der Waals surface area contributed by atoms with Crippen molar-refractivity contribution in [1.29, 1.82) is 0 Å². The fourth-order valence-corrected chi connectivity index (χ4v) is 4.45. The summed E-state index contributed by atoms with van der Waals surface area (Å²) in [6.07, 6.45) is 0.998. The van der Waals surface area contributed by atoms with Crippen molar-refractivity contribution in [2.24, 2.45) is 0 Å². The molecule has 2 fully saturated rings. The molecular formula is C24H26FN5O3. The van der Waals surface area contributed by atoms with E-state index < -0.39 is 11.7 Å². The van der Waals surface area contributed by atoms with Crippen molar-refractivity contribution in [2.75, 3.05) is 37.0 Å². The quantitative estimate of drug-likeness (QED) is 0.621. The molecule has 0 unspecified atom stereocenters. The monoisotopic (exact) mass is 451 g/mol. The van der Waals surface area contributed by atoms with E-state index >= 15 is 0 Å². The van der Waals surface area contributed by atoms with E-state index in [9.17, 15) is 9.18 Å². The number of nitrogens with zero attached hydrogens (tertiary/aromatic N) is 4. The molecule has 1 spiro atoms. The van der Waals surface area contributed by atoms with Crippen LogP contribution in [0, 0.1) is 12.7 Å². The normalized spacial score (nSPS) is 17.5. The number of carbonyl (C=O) groups excluding carboxylic acids is 1. The number of benzene rings is 2. The van der Waals surface area contributed by atoms with E-state index in [2.05, 4.69) is 34.0 Å². The Labute approximate surface area is 191 Å². The summed E-state index contributed by atoms with van der Waals surface area (Å²) in [6.45, 7) is 7.78. The van der Waals surface area contributed by atoms with Crippen molar-refractivity contribution in [3.63, 3.8) is 0 Å². The fraction of sp³-hybridized carbons (Fsp3) is 0.375. The lowest BCUT2D eigenvalue weighted by molar-refractivity contribution is -0.0856. The lowest BCUT2D eigenvalue weighted by atomic mass is 9.92. The Morgan fingerprint density at radius 3 is 2.73 bits per heavy atom. The van der Waals surface area contributed by atoms with Gasteiger partial charge in [-0.2, -0.15) is 0 Å². The number of ether oxygens (including phenoxy) is 2. The van der Waals surface area contributed by atoms with Gasteiger partial charge in [-0.25, -0.2) is 19.2 Å². The number of anilines is 3. The number of hydrogen-bond donors (Lipinski definition) is 1. The number of aryl methyl sites for hydroxylation is 1. The highest BCUT2D eigenvalue weighted by Crippen LogP contribution is 2.41. The van der Waals surface area contributed by atoms with Gasteiger partial charge in [0.1, 0.15) is 23.7 Å². The maximum absolute atomic E-state index is 14.6. The molecule has 5 rings (SSSR count). The van der Waals surface area contributed by atoms with Crippen LogP contribution >= 0.6 is 0 Å². The molecule has 3 heterocycles. The molecule has 1 N–H and O–H groups in total. The Morgan fingerprint density at radius 1 is 1.21 bits per heavy atom. The third-order valence-corrected chi connectivity index (χ3v) is 6.35. The van der Waals surface area contributed by atoms with Crippen molar-refractivity contribution in [3.8, 4) is 5.75 Å². The first-order chi connectivity index (χ1) is 15.8. The van der Waals surface area contributed by atoms with Crippen molar-refractivity contribution in [2.45, 2.75) is 32.4 Å². The first kappa shape index (κ1) is 21.4. The topological polar surface area (TPSA) is 79.8 Å². The lowest BCUT2D eigenvalue weighted by Gasteiger charge is -2.47. The molecule has 0 saturated carbocycles. The van der Waals surface area contributed by atoms with E-state index in [0.717, 1.165) is 0 Å². The third kappa shape index (κ3) is 3.62. The van der Waals surface area contributed by atoms with Gasteiger partial charge in [0, 0.05) is 30.6 Å². The molecule has 1 aromatic heterocycles. The highest BCUT2D eigenvalue weighted by molar-refractivity contribution is 6.00. The van der Waals surface area contributed by atoms with Crippen LogP contribution in [0.1, 0.15) is 19.4 Å². The van der Waals surface area contributed by atoms with Crippen LogP contribution in [0.4, 0.5) is 26.4 Å². The first-order valence-electron chi connectivity index (χ1n) is 10.9. The molecule has 0 aliphatic carbocycles. The number of amides is 1. The molecule has 2 saturated heterocycles. The molecule has 8 nitrogen and oxygen atoms in total. The molecule has 172 valence electrons. The summed E-state index contributed by atoms with van der Waals surface area (Å²) in [5.41, 5.74) is 1.51.